The SMILES string of the molecule is CC1=CC(=O)[C@H]2O[C@@]3(C[C@@H](C)[C@H](O)O3)[C@]1(O)C2(C)C. The Morgan fingerprint density at radius 2 is 2.00 bits per heavy atom. The van der Waals surface area contributed by atoms with Gasteiger partial charge in [-0.25, -0.2) is 0 Å². The van der Waals surface area contributed by atoms with Crippen molar-refractivity contribution in [1.82, 2.24) is 0 Å². The predicted molar refractivity (Wildman–Crippen MR) is 66.0 cm³/mol. The van der Waals surface area contributed by atoms with Crippen molar-refractivity contribution in [2.45, 2.75) is 57.9 Å². The Morgan fingerprint density at radius 3 is 2.53 bits per heavy atom. The average Bonchev–Trinajstić information content (AvgIpc) is 2.64. The monoisotopic (exact) mass is 268 g/mol. The fraction of sp³-hybridized carbons (Fsp3) is 0.786. The summed E-state index contributed by atoms with van der Waals surface area (Å²) < 4.78 is 11.4. The number of rotatable bonds is 0. The number of hydrogen-bond donors (Lipinski definition) is 2. The molecule has 2 N–H and O–H groups in total. The van der Waals surface area contributed by atoms with Crippen LogP contribution in [0.25, 0.3) is 0 Å². The topological polar surface area (TPSA) is 76.0 Å². The van der Waals surface area contributed by atoms with E-state index in [2.05, 4.69) is 0 Å². The van der Waals surface area contributed by atoms with Crippen molar-refractivity contribution in [3.05, 3.63) is 11.6 Å². The maximum atomic E-state index is 12.1. The number of carbonyl (C=O) groups excluding carboxylic acids is 1. The molecular weight excluding hydrogens is 248 g/mol. The second kappa shape index (κ2) is 3.47. The number of ether oxygens (including phenoxy) is 2. The molecule has 1 aliphatic carbocycles. The van der Waals surface area contributed by atoms with Gasteiger partial charge in [-0.1, -0.05) is 20.8 Å². The van der Waals surface area contributed by atoms with Crippen molar-refractivity contribution in [3.8, 4) is 0 Å². The molecule has 2 fully saturated rings. The van der Waals surface area contributed by atoms with E-state index in [1.165, 1.54) is 6.08 Å². The van der Waals surface area contributed by atoms with Crippen LogP contribution in [0.2, 0.25) is 0 Å². The Labute approximate surface area is 112 Å². The molecule has 0 saturated carbocycles. The maximum Gasteiger partial charge on any atom is 0.205 e. The molecule has 2 bridgehead atoms. The van der Waals surface area contributed by atoms with E-state index < -0.39 is 29.2 Å². The summed E-state index contributed by atoms with van der Waals surface area (Å²) in [6.07, 6.45) is 0.0766. The highest BCUT2D eigenvalue weighted by molar-refractivity contribution is 5.97. The van der Waals surface area contributed by atoms with Crippen molar-refractivity contribution < 1.29 is 24.5 Å². The molecule has 0 amide bonds. The van der Waals surface area contributed by atoms with Gasteiger partial charge in [-0.15, -0.1) is 0 Å². The van der Waals surface area contributed by atoms with E-state index >= 15 is 0 Å². The van der Waals surface area contributed by atoms with Crippen LogP contribution >= 0.6 is 0 Å². The first-order chi connectivity index (χ1) is 8.66. The van der Waals surface area contributed by atoms with Crippen LogP contribution in [0, 0.1) is 11.3 Å². The van der Waals surface area contributed by atoms with Gasteiger partial charge in [0.2, 0.25) is 5.79 Å². The fourth-order valence-electron chi connectivity index (χ4n) is 3.91. The lowest BCUT2D eigenvalue weighted by Gasteiger charge is -2.45. The predicted octanol–water partition coefficient (Wildman–Crippen LogP) is 0.743. The Balaban J connectivity index is 2.18. The van der Waals surface area contributed by atoms with Crippen LogP contribution in [0.15, 0.2) is 11.6 Å². The number of fused-ring (bicyclic) bond motifs is 3. The summed E-state index contributed by atoms with van der Waals surface area (Å²) in [5, 5.41) is 21.1. The molecule has 1 spiro atoms. The van der Waals surface area contributed by atoms with Crippen LogP contribution in [0.4, 0.5) is 0 Å². The summed E-state index contributed by atoms with van der Waals surface area (Å²) in [6, 6.07) is 0. The number of carbonyl (C=O) groups is 1. The summed E-state index contributed by atoms with van der Waals surface area (Å²) in [5.41, 5.74) is -1.64. The van der Waals surface area contributed by atoms with E-state index in [0.717, 1.165) is 0 Å². The molecule has 5 heteroatoms. The minimum atomic E-state index is -1.40. The second-order valence-corrected chi connectivity index (χ2v) is 6.60. The fourth-order valence-corrected chi connectivity index (χ4v) is 3.91. The van der Waals surface area contributed by atoms with E-state index in [1.807, 2.05) is 6.92 Å². The van der Waals surface area contributed by atoms with Gasteiger partial charge in [0.25, 0.3) is 0 Å². The van der Waals surface area contributed by atoms with Gasteiger partial charge in [-0.3, -0.25) is 4.79 Å². The van der Waals surface area contributed by atoms with Crippen molar-refractivity contribution in [2.75, 3.05) is 0 Å². The lowest BCUT2D eigenvalue weighted by Crippen LogP contribution is -2.60. The van der Waals surface area contributed by atoms with Crippen molar-refractivity contribution >= 4 is 5.78 Å². The first-order valence-corrected chi connectivity index (χ1v) is 6.64. The van der Waals surface area contributed by atoms with Crippen LogP contribution in [-0.2, 0) is 14.3 Å². The van der Waals surface area contributed by atoms with Crippen LogP contribution in [0.3, 0.4) is 0 Å². The largest absolute Gasteiger partial charge is 0.379 e. The van der Waals surface area contributed by atoms with E-state index in [1.54, 1.807) is 20.8 Å². The number of ketones is 1. The molecule has 2 aliphatic heterocycles. The van der Waals surface area contributed by atoms with Crippen LogP contribution in [0.1, 0.15) is 34.1 Å². The zero-order chi connectivity index (χ0) is 14.2. The Morgan fingerprint density at radius 1 is 1.37 bits per heavy atom. The molecule has 19 heavy (non-hydrogen) atoms. The smallest absolute Gasteiger partial charge is 0.205 e. The number of aliphatic hydroxyl groups excluding tert-OH is 1. The van der Waals surface area contributed by atoms with E-state index in [0.29, 0.717) is 12.0 Å². The minimum Gasteiger partial charge on any atom is -0.379 e. The van der Waals surface area contributed by atoms with E-state index in [9.17, 15) is 15.0 Å². The first-order valence-electron chi connectivity index (χ1n) is 6.64. The molecule has 0 aromatic heterocycles. The van der Waals surface area contributed by atoms with Crippen molar-refractivity contribution in [3.63, 3.8) is 0 Å². The molecule has 3 aliphatic rings. The molecule has 106 valence electrons. The lowest BCUT2D eigenvalue weighted by atomic mass is 9.61. The first kappa shape index (κ1) is 13.2. The van der Waals surface area contributed by atoms with Crippen LogP contribution in [0.5, 0.6) is 0 Å². The third-order valence-corrected chi connectivity index (χ3v) is 5.02. The summed E-state index contributed by atoms with van der Waals surface area (Å²) >= 11 is 0. The molecule has 0 aromatic carbocycles. The molecule has 0 radical (unpaired) electrons. The summed E-state index contributed by atoms with van der Waals surface area (Å²) in [6.45, 7) is 7.16. The van der Waals surface area contributed by atoms with Gasteiger partial charge in [0.05, 0.1) is 0 Å². The lowest BCUT2D eigenvalue weighted by molar-refractivity contribution is -0.296. The number of aliphatic hydroxyl groups is 2. The molecule has 5 nitrogen and oxygen atoms in total. The van der Waals surface area contributed by atoms with Gasteiger partial charge in [0.15, 0.2) is 12.1 Å². The van der Waals surface area contributed by atoms with Gasteiger partial charge < -0.3 is 19.7 Å². The van der Waals surface area contributed by atoms with Crippen molar-refractivity contribution in [1.29, 1.82) is 0 Å². The summed E-state index contributed by atoms with van der Waals surface area (Å²) in [4.78, 5) is 12.1. The summed E-state index contributed by atoms with van der Waals surface area (Å²) in [7, 11) is 0. The van der Waals surface area contributed by atoms with E-state index in [-0.39, 0.29) is 11.7 Å². The average molecular weight is 268 g/mol. The molecular formula is C14H20O5. The van der Waals surface area contributed by atoms with Crippen molar-refractivity contribution in [2.24, 2.45) is 11.3 Å². The highest BCUT2D eigenvalue weighted by Gasteiger charge is 2.76. The Bertz CT molecular complexity index is 470. The third kappa shape index (κ3) is 1.27. The Hall–Kier alpha value is -0.750. The normalized spacial score (nSPS) is 51.8. The van der Waals surface area contributed by atoms with Gasteiger partial charge in [-0.2, -0.15) is 0 Å². The molecule has 2 heterocycles. The summed E-state index contributed by atoms with van der Waals surface area (Å²) in [5.74, 6) is -1.63. The molecule has 5 atom stereocenters. The van der Waals surface area contributed by atoms with Gasteiger partial charge >= 0.3 is 0 Å². The maximum absolute atomic E-state index is 12.1. The highest BCUT2D eigenvalue weighted by atomic mass is 16.8. The zero-order valence-corrected chi connectivity index (χ0v) is 11.6. The minimum absolute atomic E-state index is 0.151. The molecule has 0 unspecified atom stereocenters. The van der Waals surface area contributed by atoms with Gasteiger partial charge in [0, 0.05) is 17.8 Å². The quantitative estimate of drug-likeness (QED) is 0.678. The van der Waals surface area contributed by atoms with Crippen LogP contribution < -0.4 is 0 Å². The highest BCUT2D eigenvalue weighted by Crippen LogP contribution is 2.62. The number of hydrogen-bond acceptors (Lipinski definition) is 5. The van der Waals surface area contributed by atoms with Gasteiger partial charge in [-0.05, 0) is 18.6 Å². The van der Waals surface area contributed by atoms with Gasteiger partial charge in [0.1, 0.15) is 11.7 Å². The van der Waals surface area contributed by atoms with E-state index in [4.69, 9.17) is 9.47 Å². The van der Waals surface area contributed by atoms with Crippen LogP contribution in [-0.4, -0.2) is 39.8 Å². The Kier molecular flexibility index (Phi) is 2.42. The molecule has 2 saturated heterocycles. The third-order valence-electron chi connectivity index (χ3n) is 5.02. The molecule has 3 rings (SSSR count). The second-order valence-electron chi connectivity index (χ2n) is 6.60. The zero-order valence-electron chi connectivity index (χ0n) is 11.6. The molecule has 0 aromatic rings. The standard InChI is InChI=1S/C14H20O5/c1-7-6-13(19-11(7)16)14(17)8(2)5-9(15)10(18-13)12(14,3)4/h5,7,10-11,16-17H,6H2,1-4H3/t7-,10-,11-,13-,14-/m1/s1.